The molecular formula is C23H30N2O3. The molecule has 1 aromatic heterocycles. The summed E-state index contributed by atoms with van der Waals surface area (Å²) in [5.41, 5.74) is 4.03. The summed E-state index contributed by atoms with van der Waals surface area (Å²) in [6.07, 6.45) is 8.32. The quantitative estimate of drug-likeness (QED) is 0.824. The Hall–Kier alpha value is -1.85. The number of benzene rings is 1. The summed E-state index contributed by atoms with van der Waals surface area (Å²) in [5.74, 6) is 0.355. The lowest BCUT2D eigenvalue weighted by molar-refractivity contribution is -0.159. The van der Waals surface area contributed by atoms with Gasteiger partial charge >= 0.3 is 5.97 Å². The zero-order valence-electron chi connectivity index (χ0n) is 16.8. The molecule has 0 amide bonds. The highest BCUT2D eigenvalue weighted by Crippen LogP contribution is 2.44. The largest absolute Gasteiger partial charge is 0.462 e. The zero-order chi connectivity index (χ0) is 19.3. The van der Waals surface area contributed by atoms with Crippen LogP contribution in [0.1, 0.15) is 49.1 Å². The molecule has 5 rings (SSSR count). The summed E-state index contributed by atoms with van der Waals surface area (Å²) < 4.78 is 11.4. The summed E-state index contributed by atoms with van der Waals surface area (Å²) in [6, 6.07) is 7.01. The van der Waals surface area contributed by atoms with Gasteiger partial charge < -0.3 is 19.4 Å². The minimum absolute atomic E-state index is 0.00166. The number of hydrogen-bond donors (Lipinski definition) is 1. The van der Waals surface area contributed by atoms with Crippen LogP contribution in [0.4, 0.5) is 0 Å². The van der Waals surface area contributed by atoms with Crippen LogP contribution >= 0.6 is 0 Å². The molecule has 1 N–H and O–H groups in total. The Labute approximate surface area is 166 Å². The molecule has 1 saturated carbocycles. The number of piperidine rings is 1. The third-order valence-corrected chi connectivity index (χ3v) is 7.30. The number of nitrogens with zero attached hydrogens (tertiary/aromatic N) is 1. The summed E-state index contributed by atoms with van der Waals surface area (Å²) in [7, 11) is 3.94. The Morgan fingerprint density at radius 2 is 1.96 bits per heavy atom. The molecule has 0 radical (unpaired) electrons. The maximum absolute atomic E-state index is 13.0. The van der Waals surface area contributed by atoms with E-state index in [-0.39, 0.29) is 18.0 Å². The Kier molecular flexibility index (Phi) is 4.68. The van der Waals surface area contributed by atoms with Crippen molar-refractivity contribution in [3.05, 3.63) is 35.5 Å². The standard InChI is InChI=1S/C23H30N2O3/c1-25-13-15(23(26)28-17-8-6-16(27-2)7-9-17)10-19-18-4-3-5-20-22(18)14(12-24-20)11-21(19)25/h3-5,12,15-17,19,21,24H,6-11,13H2,1-2H3/t15?,16?,17?,19?,21-/m1/s1. The van der Waals surface area contributed by atoms with E-state index in [9.17, 15) is 4.79 Å². The normalized spacial score (nSPS) is 32.9. The molecule has 2 unspecified atom stereocenters. The van der Waals surface area contributed by atoms with Crippen molar-refractivity contribution in [1.29, 1.82) is 0 Å². The summed E-state index contributed by atoms with van der Waals surface area (Å²) >= 11 is 0. The van der Waals surface area contributed by atoms with Gasteiger partial charge in [0.2, 0.25) is 0 Å². The number of aromatic nitrogens is 1. The van der Waals surface area contributed by atoms with E-state index in [2.05, 4.69) is 41.3 Å². The molecule has 3 atom stereocenters. The second-order valence-corrected chi connectivity index (χ2v) is 8.91. The average Bonchev–Trinajstić information content (AvgIpc) is 3.13. The van der Waals surface area contributed by atoms with Crippen LogP contribution in [0.3, 0.4) is 0 Å². The second kappa shape index (κ2) is 7.20. The van der Waals surface area contributed by atoms with Gasteiger partial charge in [-0.25, -0.2) is 0 Å². The highest BCUT2D eigenvalue weighted by molar-refractivity contribution is 5.88. The van der Waals surface area contributed by atoms with E-state index in [0.717, 1.165) is 45.1 Å². The molecule has 2 aliphatic carbocycles. The topological polar surface area (TPSA) is 54.6 Å². The summed E-state index contributed by atoms with van der Waals surface area (Å²) in [4.78, 5) is 18.8. The molecule has 0 bridgehead atoms. The fourth-order valence-electron chi connectivity index (χ4n) is 5.76. The maximum Gasteiger partial charge on any atom is 0.310 e. The Morgan fingerprint density at radius 1 is 1.18 bits per heavy atom. The number of hydrogen-bond acceptors (Lipinski definition) is 4. The first kappa shape index (κ1) is 18.2. The van der Waals surface area contributed by atoms with Crippen LogP contribution in [0.2, 0.25) is 0 Å². The fraction of sp³-hybridized carbons (Fsp3) is 0.609. The monoisotopic (exact) mass is 382 g/mol. The maximum atomic E-state index is 13.0. The van der Waals surface area contributed by atoms with Crippen LogP contribution in [-0.2, 0) is 20.7 Å². The third kappa shape index (κ3) is 3.05. The van der Waals surface area contributed by atoms with Gasteiger partial charge in [-0.15, -0.1) is 0 Å². The van der Waals surface area contributed by atoms with E-state index in [1.54, 1.807) is 7.11 Å². The first-order valence-corrected chi connectivity index (χ1v) is 10.7. The minimum Gasteiger partial charge on any atom is -0.462 e. The SMILES string of the molecule is COC1CCC(OC(=O)C2CC3c4cccc5[nH]cc(c45)C[C@H]3N(C)C2)CC1. The number of nitrogens with one attached hydrogen (secondary N) is 1. The number of H-pyrrole nitrogens is 1. The molecular weight excluding hydrogens is 352 g/mol. The molecule has 28 heavy (non-hydrogen) atoms. The Morgan fingerprint density at radius 3 is 2.75 bits per heavy atom. The van der Waals surface area contributed by atoms with Crippen LogP contribution in [0, 0.1) is 5.92 Å². The Balaban J connectivity index is 1.32. The van der Waals surface area contributed by atoms with Crippen LogP contribution in [0.5, 0.6) is 0 Å². The highest BCUT2D eigenvalue weighted by Gasteiger charge is 2.42. The molecule has 5 nitrogen and oxygen atoms in total. The van der Waals surface area contributed by atoms with Crippen molar-refractivity contribution in [2.45, 2.75) is 62.7 Å². The van der Waals surface area contributed by atoms with Gasteiger partial charge in [0.05, 0.1) is 12.0 Å². The van der Waals surface area contributed by atoms with Crippen molar-refractivity contribution >= 4 is 16.9 Å². The van der Waals surface area contributed by atoms with E-state index in [0.29, 0.717) is 18.1 Å². The number of carbonyl (C=O) groups excluding carboxylic acids is 1. The lowest BCUT2D eigenvalue weighted by Gasteiger charge is -2.45. The van der Waals surface area contributed by atoms with Crippen molar-refractivity contribution in [2.75, 3.05) is 20.7 Å². The van der Waals surface area contributed by atoms with E-state index >= 15 is 0 Å². The van der Waals surface area contributed by atoms with Crippen LogP contribution in [0.15, 0.2) is 24.4 Å². The van der Waals surface area contributed by atoms with Gasteiger partial charge in [-0.3, -0.25) is 4.79 Å². The summed E-state index contributed by atoms with van der Waals surface area (Å²) in [5, 5.41) is 1.38. The number of aromatic amines is 1. The van der Waals surface area contributed by atoms with Crippen LogP contribution < -0.4 is 0 Å². The number of ether oxygens (including phenoxy) is 2. The molecule has 150 valence electrons. The van der Waals surface area contributed by atoms with E-state index < -0.39 is 0 Å². The molecule has 1 aliphatic heterocycles. The van der Waals surface area contributed by atoms with Gasteiger partial charge in [-0.1, -0.05) is 12.1 Å². The van der Waals surface area contributed by atoms with Gasteiger partial charge in [0.15, 0.2) is 0 Å². The zero-order valence-corrected chi connectivity index (χ0v) is 16.8. The molecule has 2 fully saturated rings. The first-order chi connectivity index (χ1) is 13.6. The van der Waals surface area contributed by atoms with Gasteiger partial charge in [0.1, 0.15) is 6.10 Å². The lowest BCUT2D eigenvalue weighted by atomic mass is 9.72. The van der Waals surface area contributed by atoms with Gasteiger partial charge in [-0.2, -0.15) is 0 Å². The molecule has 2 heterocycles. The smallest absolute Gasteiger partial charge is 0.310 e. The highest BCUT2D eigenvalue weighted by atomic mass is 16.5. The molecule has 3 aliphatic rings. The predicted molar refractivity (Wildman–Crippen MR) is 108 cm³/mol. The van der Waals surface area contributed by atoms with Crippen molar-refractivity contribution < 1.29 is 14.3 Å². The van der Waals surface area contributed by atoms with Gasteiger partial charge in [0, 0.05) is 42.7 Å². The third-order valence-electron chi connectivity index (χ3n) is 7.30. The molecule has 1 saturated heterocycles. The van der Waals surface area contributed by atoms with Crippen LogP contribution in [0.25, 0.3) is 10.9 Å². The van der Waals surface area contributed by atoms with E-state index in [1.807, 2.05) is 0 Å². The van der Waals surface area contributed by atoms with E-state index in [1.165, 1.54) is 22.0 Å². The first-order valence-electron chi connectivity index (χ1n) is 10.7. The minimum atomic E-state index is -0.0397. The second-order valence-electron chi connectivity index (χ2n) is 8.91. The number of methoxy groups -OCH3 is 1. The van der Waals surface area contributed by atoms with Gasteiger partial charge in [0.25, 0.3) is 0 Å². The average molecular weight is 383 g/mol. The van der Waals surface area contributed by atoms with Crippen molar-refractivity contribution in [2.24, 2.45) is 5.92 Å². The molecule has 2 aromatic rings. The number of carbonyl (C=O) groups is 1. The number of likely N-dealkylation sites (tertiary alicyclic amines) is 1. The number of fused-ring (bicyclic) bond motifs is 2. The fourth-order valence-corrected chi connectivity index (χ4v) is 5.76. The molecule has 0 spiro atoms. The summed E-state index contributed by atoms with van der Waals surface area (Å²) in [6.45, 7) is 0.795. The number of likely N-dealkylation sites (N-methyl/N-ethyl adjacent to an activating group) is 1. The number of rotatable bonds is 3. The van der Waals surface area contributed by atoms with Crippen molar-refractivity contribution in [1.82, 2.24) is 9.88 Å². The predicted octanol–water partition coefficient (Wildman–Crippen LogP) is 3.63. The van der Waals surface area contributed by atoms with Gasteiger partial charge in [-0.05, 0) is 62.8 Å². The van der Waals surface area contributed by atoms with Crippen molar-refractivity contribution in [3.8, 4) is 0 Å². The van der Waals surface area contributed by atoms with E-state index in [4.69, 9.17) is 9.47 Å². The molecule has 1 aromatic carbocycles. The Bertz CT molecular complexity index is 868. The van der Waals surface area contributed by atoms with Crippen molar-refractivity contribution in [3.63, 3.8) is 0 Å². The lowest BCUT2D eigenvalue weighted by Crippen LogP contribution is -2.50. The number of esters is 1. The molecule has 5 heteroatoms. The van der Waals surface area contributed by atoms with Crippen LogP contribution in [-0.4, -0.2) is 54.8 Å².